The maximum atomic E-state index is 4.69. The third-order valence-corrected chi connectivity index (χ3v) is 4.34. The lowest BCUT2D eigenvalue weighted by molar-refractivity contribution is 0.715. The van der Waals surface area contributed by atoms with Gasteiger partial charge in [-0.25, -0.2) is 4.98 Å². The molecule has 0 saturated heterocycles. The molecule has 2 heterocycles. The first-order valence-corrected chi connectivity index (χ1v) is 8.27. The fourth-order valence-electron chi connectivity index (χ4n) is 2.56. The standard InChI is InChI=1S/C18H14BrN5/c1-24-11-16(22-23-24)13-5-2-6-14(10-13)20-17-9-8-12-4-3-7-15(19)18(12)21-17/h2-11H,1H3,(H,20,21). The summed E-state index contributed by atoms with van der Waals surface area (Å²) in [5.74, 6) is 0.797. The average molecular weight is 380 g/mol. The molecule has 0 bridgehead atoms. The summed E-state index contributed by atoms with van der Waals surface area (Å²) in [5.41, 5.74) is 3.75. The Balaban J connectivity index is 1.67. The largest absolute Gasteiger partial charge is 0.340 e. The molecule has 0 saturated carbocycles. The average Bonchev–Trinajstić information content (AvgIpc) is 3.03. The van der Waals surface area contributed by atoms with Crippen LogP contribution in [0, 0.1) is 0 Å². The van der Waals surface area contributed by atoms with Gasteiger partial charge in [0.2, 0.25) is 0 Å². The first kappa shape index (κ1) is 14.8. The van der Waals surface area contributed by atoms with Crippen LogP contribution in [0.25, 0.3) is 22.2 Å². The normalized spacial score (nSPS) is 10.9. The van der Waals surface area contributed by atoms with Crippen molar-refractivity contribution in [1.82, 2.24) is 20.0 Å². The van der Waals surface area contributed by atoms with Crippen LogP contribution in [0.2, 0.25) is 0 Å². The van der Waals surface area contributed by atoms with Gasteiger partial charge < -0.3 is 5.32 Å². The lowest BCUT2D eigenvalue weighted by Gasteiger charge is -2.08. The van der Waals surface area contributed by atoms with E-state index >= 15 is 0 Å². The lowest BCUT2D eigenvalue weighted by atomic mass is 10.1. The Morgan fingerprint density at radius 2 is 1.92 bits per heavy atom. The molecule has 2 aromatic carbocycles. The molecular weight excluding hydrogens is 366 g/mol. The molecule has 24 heavy (non-hydrogen) atoms. The third-order valence-electron chi connectivity index (χ3n) is 3.70. The second-order valence-electron chi connectivity index (χ2n) is 5.49. The molecule has 0 fully saturated rings. The highest BCUT2D eigenvalue weighted by Gasteiger charge is 2.05. The van der Waals surface area contributed by atoms with Crippen molar-refractivity contribution in [2.75, 3.05) is 5.32 Å². The van der Waals surface area contributed by atoms with Crippen molar-refractivity contribution in [3.63, 3.8) is 0 Å². The molecule has 118 valence electrons. The fourth-order valence-corrected chi connectivity index (χ4v) is 3.03. The van der Waals surface area contributed by atoms with Gasteiger partial charge in [0.1, 0.15) is 11.5 Å². The van der Waals surface area contributed by atoms with E-state index in [1.54, 1.807) is 4.68 Å². The van der Waals surface area contributed by atoms with Crippen LogP contribution in [-0.4, -0.2) is 20.0 Å². The topological polar surface area (TPSA) is 55.6 Å². The van der Waals surface area contributed by atoms with Crippen molar-refractivity contribution in [1.29, 1.82) is 0 Å². The molecule has 0 aliphatic rings. The number of fused-ring (bicyclic) bond motifs is 1. The minimum atomic E-state index is 0.797. The minimum absolute atomic E-state index is 0.797. The molecule has 0 radical (unpaired) electrons. The summed E-state index contributed by atoms with van der Waals surface area (Å²) in [4.78, 5) is 4.69. The zero-order valence-electron chi connectivity index (χ0n) is 12.9. The highest BCUT2D eigenvalue weighted by atomic mass is 79.9. The van der Waals surface area contributed by atoms with E-state index < -0.39 is 0 Å². The van der Waals surface area contributed by atoms with Gasteiger partial charge >= 0.3 is 0 Å². The Morgan fingerprint density at radius 1 is 1.04 bits per heavy atom. The van der Waals surface area contributed by atoms with E-state index in [0.717, 1.165) is 38.1 Å². The third kappa shape index (κ3) is 2.88. The lowest BCUT2D eigenvalue weighted by Crippen LogP contribution is -1.94. The fraction of sp³-hybridized carbons (Fsp3) is 0.0556. The maximum absolute atomic E-state index is 4.69. The second kappa shape index (κ2) is 6.05. The van der Waals surface area contributed by atoms with Gasteiger partial charge in [0.25, 0.3) is 0 Å². The number of nitrogens with one attached hydrogen (secondary N) is 1. The Labute approximate surface area is 147 Å². The van der Waals surface area contributed by atoms with Gasteiger partial charge in [-0.15, -0.1) is 5.10 Å². The van der Waals surface area contributed by atoms with Gasteiger partial charge in [-0.1, -0.05) is 29.5 Å². The quantitative estimate of drug-likeness (QED) is 0.567. The van der Waals surface area contributed by atoms with Crippen molar-refractivity contribution in [3.8, 4) is 11.3 Å². The van der Waals surface area contributed by atoms with Gasteiger partial charge in [0.15, 0.2) is 0 Å². The number of hydrogen-bond acceptors (Lipinski definition) is 4. The summed E-state index contributed by atoms with van der Waals surface area (Å²) in [5, 5.41) is 12.6. The molecule has 5 nitrogen and oxygen atoms in total. The molecule has 0 aliphatic carbocycles. The van der Waals surface area contributed by atoms with Crippen LogP contribution in [0.3, 0.4) is 0 Å². The molecule has 2 aromatic heterocycles. The van der Waals surface area contributed by atoms with Gasteiger partial charge in [0.05, 0.1) is 11.7 Å². The highest BCUT2D eigenvalue weighted by molar-refractivity contribution is 9.10. The molecule has 1 N–H and O–H groups in total. The Morgan fingerprint density at radius 3 is 2.75 bits per heavy atom. The molecule has 6 heteroatoms. The van der Waals surface area contributed by atoms with Crippen LogP contribution in [0.1, 0.15) is 0 Å². The number of rotatable bonds is 3. The van der Waals surface area contributed by atoms with E-state index in [1.807, 2.05) is 61.8 Å². The van der Waals surface area contributed by atoms with Crippen molar-refractivity contribution >= 4 is 38.3 Å². The Hall–Kier alpha value is -2.73. The maximum Gasteiger partial charge on any atom is 0.131 e. The number of nitrogens with zero attached hydrogens (tertiary/aromatic N) is 4. The summed E-state index contributed by atoms with van der Waals surface area (Å²) < 4.78 is 2.68. The number of halogens is 1. The van der Waals surface area contributed by atoms with E-state index in [2.05, 4.69) is 42.6 Å². The van der Waals surface area contributed by atoms with E-state index in [9.17, 15) is 0 Å². The van der Waals surface area contributed by atoms with Gasteiger partial charge in [-0.3, -0.25) is 4.68 Å². The van der Waals surface area contributed by atoms with E-state index in [0.29, 0.717) is 0 Å². The summed E-state index contributed by atoms with van der Waals surface area (Å²) in [7, 11) is 1.86. The van der Waals surface area contributed by atoms with E-state index in [-0.39, 0.29) is 0 Å². The molecule has 4 rings (SSSR count). The van der Waals surface area contributed by atoms with Crippen molar-refractivity contribution < 1.29 is 0 Å². The Bertz CT molecular complexity index is 1020. The zero-order valence-corrected chi connectivity index (χ0v) is 14.5. The molecule has 0 unspecified atom stereocenters. The predicted octanol–water partition coefficient (Wildman–Crippen LogP) is 4.54. The summed E-state index contributed by atoms with van der Waals surface area (Å²) in [6, 6.07) is 18.1. The van der Waals surface area contributed by atoms with Crippen LogP contribution in [-0.2, 0) is 7.05 Å². The summed E-state index contributed by atoms with van der Waals surface area (Å²) >= 11 is 3.55. The number of aryl methyl sites for hydroxylation is 1. The predicted molar refractivity (Wildman–Crippen MR) is 99.2 cm³/mol. The molecule has 0 amide bonds. The first-order chi connectivity index (χ1) is 11.7. The van der Waals surface area contributed by atoms with Crippen LogP contribution < -0.4 is 5.32 Å². The molecular formula is C18H14BrN5. The van der Waals surface area contributed by atoms with Gasteiger partial charge in [0, 0.05) is 28.2 Å². The van der Waals surface area contributed by atoms with Crippen LogP contribution in [0.5, 0.6) is 0 Å². The SMILES string of the molecule is Cn1cc(-c2cccc(Nc3ccc4cccc(Br)c4n3)c2)nn1. The number of pyridine rings is 1. The second-order valence-corrected chi connectivity index (χ2v) is 6.35. The Kier molecular flexibility index (Phi) is 3.74. The molecule has 0 atom stereocenters. The smallest absolute Gasteiger partial charge is 0.131 e. The minimum Gasteiger partial charge on any atom is -0.340 e. The van der Waals surface area contributed by atoms with Gasteiger partial charge in [-0.05, 0) is 46.3 Å². The highest BCUT2D eigenvalue weighted by Crippen LogP contribution is 2.26. The van der Waals surface area contributed by atoms with Crippen LogP contribution in [0.15, 0.2) is 65.3 Å². The summed E-state index contributed by atoms with van der Waals surface area (Å²) in [6.45, 7) is 0. The number of anilines is 2. The number of aromatic nitrogens is 4. The van der Waals surface area contributed by atoms with Crippen LogP contribution in [0.4, 0.5) is 11.5 Å². The molecule has 0 spiro atoms. The number of para-hydroxylation sites is 1. The number of benzene rings is 2. The summed E-state index contributed by atoms with van der Waals surface area (Å²) in [6.07, 6.45) is 1.89. The first-order valence-electron chi connectivity index (χ1n) is 7.48. The van der Waals surface area contributed by atoms with E-state index in [1.165, 1.54) is 0 Å². The van der Waals surface area contributed by atoms with Crippen LogP contribution >= 0.6 is 15.9 Å². The van der Waals surface area contributed by atoms with Crippen molar-refractivity contribution in [2.45, 2.75) is 0 Å². The number of hydrogen-bond donors (Lipinski definition) is 1. The van der Waals surface area contributed by atoms with Gasteiger partial charge in [-0.2, -0.15) is 0 Å². The van der Waals surface area contributed by atoms with Crippen molar-refractivity contribution in [3.05, 3.63) is 65.3 Å². The van der Waals surface area contributed by atoms with Crippen molar-refractivity contribution in [2.24, 2.45) is 7.05 Å². The monoisotopic (exact) mass is 379 g/mol. The molecule has 4 aromatic rings. The zero-order chi connectivity index (χ0) is 16.5. The van der Waals surface area contributed by atoms with E-state index in [4.69, 9.17) is 0 Å². The molecule has 0 aliphatic heterocycles.